The fourth-order valence-electron chi connectivity index (χ4n) is 1.47. The molecule has 2 nitrogen and oxygen atoms in total. The number of furan rings is 1. The SMILES string of the molecule is OC(Cc1ccco1)c1ccccc1F. The van der Waals surface area contributed by atoms with E-state index in [1.165, 1.54) is 12.3 Å². The van der Waals surface area contributed by atoms with Crippen molar-refractivity contribution in [3.8, 4) is 0 Å². The molecule has 3 heteroatoms. The van der Waals surface area contributed by atoms with E-state index >= 15 is 0 Å². The first-order chi connectivity index (χ1) is 7.27. The molecule has 1 unspecified atom stereocenters. The molecule has 0 amide bonds. The average molecular weight is 206 g/mol. The van der Waals surface area contributed by atoms with E-state index in [4.69, 9.17) is 4.42 Å². The van der Waals surface area contributed by atoms with Crippen molar-refractivity contribution in [1.29, 1.82) is 0 Å². The fourth-order valence-corrected chi connectivity index (χ4v) is 1.47. The molecule has 1 N–H and O–H groups in total. The van der Waals surface area contributed by atoms with E-state index in [2.05, 4.69) is 0 Å². The van der Waals surface area contributed by atoms with Gasteiger partial charge in [-0.3, -0.25) is 0 Å². The van der Waals surface area contributed by atoms with Crippen molar-refractivity contribution >= 4 is 0 Å². The first-order valence-electron chi connectivity index (χ1n) is 4.72. The number of rotatable bonds is 3. The third-order valence-corrected chi connectivity index (χ3v) is 2.24. The monoisotopic (exact) mass is 206 g/mol. The predicted octanol–water partition coefficient (Wildman–Crippen LogP) is 2.69. The maximum Gasteiger partial charge on any atom is 0.129 e. The van der Waals surface area contributed by atoms with Gasteiger partial charge in [0.25, 0.3) is 0 Å². The highest BCUT2D eigenvalue weighted by Crippen LogP contribution is 2.20. The Balaban J connectivity index is 2.15. The molecule has 0 radical (unpaired) electrons. The van der Waals surface area contributed by atoms with Gasteiger partial charge in [-0.05, 0) is 18.2 Å². The Morgan fingerprint density at radius 1 is 1.20 bits per heavy atom. The van der Waals surface area contributed by atoms with Crippen LogP contribution in [0.3, 0.4) is 0 Å². The van der Waals surface area contributed by atoms with Crippen LogP contribution in [0.5, 0.6) is 0 Å². The Morgan fingerprint density at radius 3 is 2.67 bits per heavy atom. The van der Waals surface area contributed by atoms with Gasteiger partial charge in [0.1, 0.15) is 11.6 Å². The summed E-state index contributed by atoms with van der Waals surface area (Å²) < 4.78 is 18.4. The number of aliphatic hydroxyl groups excluding tert-OH is 1. The van der Waals surface area contributed by atoms with Gasteiger partial charge in [0.2, 0.25) is 0 Å². The smallest absolute Gasteiger partial charge is 0.129 e. The van der Waals surface area contributed by atoms with Crippen LogP contribution >= 0.6 is 0 Å². The van der Waals surface area contributed by atoms with E-state index in [-0.39, 0.29) is 6.42 Å². The molecule has 1 aromatic heterocycles. The van der Waals surface area contributed by atoms with E-state index < -0.39 is 11.9 Å². The molecule has 0 saturated carbocycles. The third kappa shape index (κ3) is 2.25. The molecule has 1 atom stereocenters. The maximum absolute atomic E-state index is 13.3. The van der Waals surface area contributed by atoms with Crippen LogP contribution in [0.4, 0.5) is 4.39 Å². The normalized spacial score (nSPS) is 12.7. The molecule has 0 aliphatic rings. The second-order valence-corrected chi connectivity index (χ2v) is 3.32. The molecule has 0 aliphatic heterocycles. The summed E-state index contributed by atoms with van der Waals surface area (Å²) in [4.78, 5) is 0. The van der Waals surface area contributed by atoms with Crippen LogP contribution in [0.1, 0.15) is 17.4 Å². The number of hydrogen-bond acceptors (Lipinski definition) is 2. The summed E-state index contributed by atoms with van der Waals surface area (Å²) in [6.07, 6.45) is 0.953. The van der Waals surface area contributed by atoms with Crippen molar-refractivity contribution in [2.45, 2.75) is 12.5 Å². The molecule has 2 rings (SSSR count). The molecule has 15 heavy (non-hydrogen) atoms. The lowest BCUT2D eigenvalue weighted by molar-refractivity contribution is 0.166. The Hall–Kier alpha value is -1.61. The molecule has 1 aromatic carbocycles. The van der Waals surface area contributed by atoms with Crippen LogP contribution in [-0.2, 0) is 6.42 Å². The number of hydrogen-bond donors (Lipinski definition) is 1. The van der Waals surface area contributed by atoms with Gasteiger partial charge in [-0.15, -0.1) is 0 Å². The highest BCUT2D eigenvalue weighted by Gasteiger charge is 2.13. The predicted molar refractivity (Wildman–Crippen MR) is 53.8 cm³/mol. The first kappa shape index (κ1) is 9.93. The van der Waals surface area contributed by atoms with Crippen LogP contribution in [0.25, 0.3) is 0 Å². The van der Waals surface area contributed by atoms with Gasteiger partial charge >= 0.3 is 0 Å². The van der Waals surface area contributed by atoms with Crippen molar-refractivity contribution in [3.05, 3.63) is 59.8 Å². The lowest BCUT2D eigenvalue weighted by Crippen LogP contribution is -2.03. The topological polar surface area (TPSA) is 33.4 Å². The highest BCUT2D eigenvalue weighted by atomic mass is 19.1. The molecular weight excluding hydrogens is 195 g/mol. The van der Waals surface area contributed by atoms with Crippen LogP contribution in [0.2, 0.25) is 0 Å². The van der Waals surface area contributed by atoms with Crippen molar-refractivity contribution in [1.82, 2.24) is 0 Å². The van der Waals surface area contributed by atoms with E-state index in [1.807, 2.05) is 0 Å². The molecule has 0 aliphatic carbocycles. The van der Waals surface area contributed by atoms with E-state index in [1.54, 1.807) is 30.3 Å². The number of benzene rings is 1. The Kier molecular flexibility index (Phi) is 2.83. The van der Waals surface area contributed by atoms with Gasteiger partial charge in [0.05, 0.1) is 12.4 Å². The van der Waals surface area contributed by atoms with Crippen LogP contribution in [0, 0.1) is 5.82 Å². The Morgan fingerprint density at radius 2 is 2.00 bits per heavy atom. The molecular formula is C12H11FO2. The second-order valence-electron chi connectivity index (χ2n) is 3.32. The summed E-state index contributed by atoms with van der Waals surface area (Å²) in [5.74, 6) is 0.252. The molecule has 0 spiro atoms. The Bertz CT molecular complexity index is 423. The van der Waals surface area contributed by atoms with E-state index in [0.29, 0.717) is 11.3 Å². The first-order valence-corrected chi connectivity index (χ1v) is 4.72. The molecule has 2 aromatic rings. The summed E-state index contributed by atoms with van der Waals surface area (Å²) in [6.45, 7) is 0. The van der Waals surface area contributed by atoms with Crippen molar-refractivity contribution < 1.29 is 13.9 Å². The van der Waals surface area contributed by atoms with Crippen LogP contribution in [0.15, 0.2) is 47.1 Å². The lowest BCUT2D eigenvalue weighted by Gasteiger charge is -2.09. The van der Waals surface area contributed by atoms with Crippen LogP contribution in [-0.4, -0.2) is 5.11 Å². The zero-order valence-electron chi connectivity index (χ0n) is 8.06. The quantitative estimate of drug-likeness (QED) is 0.837. The summed E-state index contributed by atoms with van der Waals surface area (Å²) in [7, 11) is 0. The van der Waals surface area contributed by atoms with Gasteiger partial charge in [0, 0.05) is 12.0 Å². The van der Waals surface area contributed by atoms with Crippen molar-refractivity contribution in [3.63, 3.8) is 0 Å². The maximum atomic E-state index is 13.3. The fraction of sp³-hybridized carbons (Fsp3) is 0.167. The van der Waals surface area contributed by atoms with Gasteiger partial charge in [-0.2, -0.15) is 0 Å². The largest absolute Gasteiger partial charge is 0.469 e. The third-order valence-electron chi connectivity index (χ3n) is 2.24. The minimum atomic E-state index is -0.864. The minimum Gasteiger partial charge on any atom is -0.469 e. The molecule has 0 saturated heterocycles. The molecule has 0 fully saturated rings. The summed E-state index contributed by atoms with van der Waals surface area (Å²) >= 11 is 0. The van der Waals surface area contributed by atoms with Gasteiger partial charge in [-0.25, -0.2) is 4.39 Å². The zero-order valence-corrected chi connectivity index (χ0v) is 8.06. The Labute approximate surface area is 87.0 Å². The average Bonchev–Trinajstić information content (AvgIpc) is 2.71. The van der Waals surface area contributed by atoms with Gasteiger partial charge in [-0.1, -0.05) is 18.2 Å². The van der Waals surface area contributed by atoms with Crippen LogP contribution < -0.4 is 0 Å². The van der Waals surface area contributed by atoms with Crippen molar-refractivity contribution in [2.24, 2.45) is 0 Å². The molecule has 1 heterocycles. The van der Waals surface area contributed by atoms with E-state index in [9.17, 15) is 9.50 Å². The summed E-state index contributed by atoms with van der Waals surface area (Å²) in [5.41, 5.74) is 0.300. The summed E-state index contributed by atoms with van der Waals surface area (Å²) in [6, 6.07) is 9.69. The molecule has 0 bridgehead atoms. The summed E-state index contributed by atoms with van der Waals surface area (Å²) in [5, 5.41) is 9.77. The molecule has 78 valence electrons. The number of aliphatic hydroxyl groups is 1. The van der Waals surface area contributed by atoms with Gasteiger partial charge in [0.15, 0.2) is 0 Å². The minimum absolute atomic E-state index is 0.286. The number of halogens is 1. The van der Waals surface area contributed by atoms with E-state index in [0.717, 1.165) is 0 Å². The lowest BCUT2D eigenvalue weighted by atomic mass is 10.1. The highest BCUT2D eigenvalue weighted by molar-refractivity contribution is 5.21. The standard InChI is InChI=1S/C12H11FO2/c13-11-6-2-1-5-10(11)12(14)8-9-4-3-7-15-9/h1-7,12,14H,8H2. The second kappa shape index (κ2) is 4.28. The van der Waals surface area contributed by atoms with Gasteiger partial charge < -0.3 is 9.52 Å². The zero-order chi connectivity index (χ0) is 10.7. The van der Waals surface area contributed by atoms with Crippen molar-refractivity contribution in [2.75, 3.05) is 0 Å².